The van der Waals surface area contributed by atoms with Gasteiger partial charge in [0.05, 0.1) is 11.2 Å². The van der Waals surface area contributed by atoms with Gasteiger partial charge in [0.2, 0.25) is 0 Å². The van der Waals surface area contributed by atoms with Gasteiger partial charge in [0.15, 0.2) is 6.61 Å². The van der Waals surface area contributed by atoms with Crippen molar-refractivity contribution in [2.75, 3.05) is 6.61 Å². The average Bonchev–Trinajstić information content (AvgIpc) is 3.00. The van der Waals surface area contributed by atoms with Crippen LogP contribution in [0.2, 0.25) is 5.02 Å². The van der Waals surface area contributed by atoms with Crippen LogP contribution in [0.15, 0.2) is 59.7 Å². The first-order chi connectivity index (χ1) is 14.0. The fourth-order valence-electron chi connectivity index (χ4n) is 3.11. The van der Waals surface area contributed by atoms with E-state index in [0.717, 1.165) is 29.1 Å². The second-order valence-electron chi connectivity index (χ2n) is 6.69. The fourth-order valence-corrected chi connectivity index (χ4v) is 3.30. The molecule has 0 atom stereocenters. The van der Waals surface area contributed by atoms with Gasteiger partial charge in [-0.05, 0) is 56.2 Å². The molecule has 0 saturated carbocycles. The highest BCUT2D eigenvalue weighted by Gasteiger charge is 2.10. The van der Waals surface area contributed by atoms with Crippen molar-refractivity contribution in [1.82, 2.24) is 9.99 Å². The number of hydrazone groups is 1. The Balaban J connectivity index is 1.63. The highest BCUT2D eigenvalue weighted by molar-refractivity contribution is 6.32. The monoisotopic (exact) mass is 409 g/mol. The molecular formula is C23H24ClN3O2. The highest BCUT2D eigenvalue weighted by Crippen LogP contribution is 2.23. The number of para-hydroxylation sites is 1. The molecule has 0 radical (unpaired) electrons. The van der Waals surface area contributed by atoms with Gasteiger partial charge < -0.3 is 9.30 Å². The number of hydrogen-bond donors (Lipinski definition) is 1. The van der Waals surface area contributed by atoms with Crippen LogP contribution in [-0.4, -0.2) is 23.3 Å². The summed E-state index contributed by atoms with van der Waals surface area (Å²) in [6.07, 6.45) is 2.66. The molecule has 1 amide bonds. The summed E-state index contributed by atoms with van der Waals surface area (Å²) in [6, 6.07) is 17.6. The lowest BCUT2D eigenvalue weighted by Gasteiger charge is -2.10. The Morgan fingerprint density at radius 2 is 1.90 bits per heavy atom. The first kappa shape index (κ1) is 20.7. The molecule has 1 N–H and O–H groups in total. The zero-order chi connectivity index (χ0) is 20.8. The summed E-state index contributed by atoms with van der Waals surface area (Å²) < 4.78 is 7.57. The lowest BCUT2D eigenvalue weighted by Crippen LogP contribution is -2.24. The molecule has 0 bridgehead atoms. The maximum atomic E-state index is 12.0. The predicted molar refractivity (Wildman–Crippen MR) is 117 cm³/mol. The molecule has 6 heteroatoms. The Kier molecular flexibility index (Phi) is 6.73. The summed E-state index contributed by atoms with van der Waals surface area (Å²) in [5.74, 6) is 0.107. The Labute approximate surface area is 176 Å². The van der Waals surface area contributed by atoms with E-state index in [4.69, 9.17) is 16.3 Å². The SMILES string of the molecule is CCc1ccc(-n2c(C)cc(/C=N/NC(=O)COc3ccccc3Cl)c2C)cc1. The molecule has 0 spiro atoms. The van der Waals surface area contributed by atoms with Crippen LogP contribution >= 0.6 is 11.6 Å². The van der Waals surface area contributed by atoms with Gasteiger partial charge in [0, 0.05) is 22.6 Å². The van der Waals surface area contributed by atoms with E-state index in [1.807, 2.05) is 19.9 Å². The van der Waals surface area contributed by atoms with E-state index in [0.29, 0.717) is 10.8 Å². The smallest absolute Gasteiger partial charge is 0.277 e. The van der Waals surface area contributed by atoms with E-state index in [-0.39, 0.29) is 12.5 Å². The van der Waals surface area contributed by atoms with Crippen molar-refractivity contribution in [3.63, 3.8) is 0 Å². The van der Waals surface area contributed by atoms with Gasteiger partial charge >= 0.3 is 0 Å². The molecular weight excluding hydrogens is 386 g/mol. The van der Waals surface area contributed by atoms with Crippen molar-refractivity contribution in [1.29, 1.82) is 0 Å². The highest BCUT2D eigenvalue weighted by atomic mass is 35.5. The van der Waals surface area contributed by atoms with Gasteiger partial charge in [-0.2, -0.15) is 5.10 Å². The molecule has 0 aliphatic rings. The number of benzene rings is 2. The maximum Gasteiger partial charge on any atom is 0.277 e. The molecule has 3 aromatic rings. The van der Waals surface area contributed by atoms with Crippen LogP contribution < -0.4 is 10.2 Å². The number of carbonyl (C=O) groups is 1. The Morgan fingerprint density at radius 3 is 2.59 bits per heavy atom. The summed E-state index contributed by atoms with van der Waals surface area (Å²) in [7, 11) is 0. The molecule has 150 valence electrons. The average molecular weight is 410 g/mol. The van der Waals surface area contributed by atoms with Crippen LogP contribution in [-0.2, 0) is 11.2 Å². The van der Waals surface area contributed by atoms with Crippen LogP contribution in [0.5, 0.6) is 5.75 Å². The molecule has 2 aromatic carbocycles. The van der Waals surface area contributed by atoms with Gasteiger partial charge in [0.25, 0.3) is 5.91 Å². The minimum atomic E-state index is -0.356. The van der Waals surface area contributed by atoms with Crippen LogP contribution in [0.3, 0.4) is 0 Å². The van der Waals surface area contributed by atoms with E-state index < -0.39 is 0 Å². The van der Waals surface area contributed by atoms with Crippen LogP contribution in [0.25, 0.3) is 5.69 Å². The molecule has 29 heavy (non-hydrogen) atoms. The normalized spacial score (nSPS) is 11.0. The van der Waals surface area contributed by atoms with Crippen molar-refractivity contribution in [2.24, 2.45) is 5.10 Å². The summed E-state index contributed by atoms with van der Waals surface area (Å²) in [6.45, 7) is 6.06. The van der Waals surface area contributed by atoms with Crippen LogP contribution in [0, 0.1) is 13.8 Å². The standard InChI is InChI=1S/C23H24ClN3O2/c1-4-18-9-11-20(12-10-18)27-16(2)13-19(17(27)3)14-25-26-23(28)15-29-22-8-6-5-7-21(22)24/h5-14H,4,15H2,1-3H3,(H,26,28)/b25-14+. The lowest BCUT2D eigenvalue weighted by atomic mass is 10.1. The van der Waals surface area contributed by atoms with E-state index in [1.54, 1.807) is 30.5 Å². The predicted octanol–water partition coefficient (Wildman–Crippen LogP) is 4.84. The molecule has 0 fully saturated rings. The molecule has 0 saturated heterocycles. The van der Waals surface area contributed by atoms with Crippen molar-refractivity contribution < 1.29 is 9.53 Å². The second-order valence-corrected chi connectivity index (χ2v) is 7.10. The summed E-state index contributed by atoms with van der Waals surface area (Å²) in [5, 5.41) is 4.52. The largest absolute Gasteiger partial charge is 0.482 e. The number of aromatic nitrogens is 1. The quantitative estimate of drug-likeness (QED) is 0.448. The summed E-state index contributed by atoms with van der Waals surface area (Å²) in [4.78, 5) is 12.0. The number of ether oxygens (including phenoxy) is 1. The van der Waals surface area contributed by atoms with Gasteiger partial charge in [-0.15, -0.1) is 0 Å². The molecule has 1 heterocycles. The number of nitrogens with zero attached hydrogens (tertiary/aromatic N) is 2. The molecule has 3 rings (SSSR count). The number of nitrogens with one attached hydrogen (secondary N) is 1. The zero-order valence-electron chi connectivity index (χ0n) is 16.8. The summed E-state index contributed by atoms with van der Waals surface area (Å²) in [5.41, 5.74) is 7.99. The number of carbonyl (C=O) groups excluding carboxylic acids is 1. The van der Waals surface area contributed by atoms with Gasteiger partial charge in [-0.3, -0.25) is 4.79 Å². The number of rotatable bonds is 7. The topological polar surface area (TPSA) is 55.6 Å². The van der Waals surface area contributed by atoms with E-state index in [2.05, 4.69) is 46.3 Å². The molecule has 5 nitrogen and oxygen atoms in total. The van der Waals surface area contributed by atoms with Crippen molar-refractivity contribution in [3.05, 3.63) is 82.1 Å². The second kappa shape index (κ2) is 9.43. The van der Waals surface area contributed by atoms with E-state index in [1.165, 1.54) is 5.56 Å². The van der Waals surface area contributed by atoms with Gasteiger partial charge in [-0.1, -0.05) is 42.8 Å². The third kappa shape index (κ3) is 5.06. The number of halogens is 1. The summed E-state index contributed by atoms with van der Waals surface area (Å²) >= 11 is 6.01. The molecule has 0 aliphatic carbocycles. The molecule has 1 aromatic heterocycles. The lowest BCUT2D eigenvalue weighted by molar-refractivity contribution is -0.123. The van der Waals surface area contributed by atoms with Crippen molar-refractivity contribution in [3.8, 4) is 11.4 Å². The third-order valence-electron chi connectivity index (χ3n) is 4.66. The van der Waals surface area contributed by atoms with Gasteiger partial charge in [-0.25, -0.2) is 5.43 Å². The Hall–Kier alpha value is -3.05. The minimum Gasteiger partial charge on any atom is -0.482 e. The number of amides is 1. The Bertz CT molecular complexity index is 1020. The molecule has 0 unspecified atom stereocenters. The maximum absolute atomic E-state index is 12.0. The van der Waals surface area contributed by atoms with E-state index in [9.17, 15) is 4.79 Å². The van der Waals surface area contributed by atoms with E-state index >= 15 is 0 Å². The van der Waals surface area contributed by atoms with Gasteiger partial charge in [0.1, 0.15) is 5.75 Å². The first-order valence-electron chi connectivity index (χ1n) is 9.47. The number of hydrogen-bond acceptors (Lipinski definition) is 3. The number of aryl methyl sites for hydroxylation is 2. The van der Waals surface area contributed by atoms with Crippen LogP contribution in [0.4, 0.5) is 0 Å². The van der Waals surface area contributed by atoms with Crippen molar-refractivity contribution >= 4 is 23.7 Å². The first-order valence-corrected chi connectivity index (χ1v) is 9.85. The third-order valence-corrected chi connectivity index (χ3v) is 4.97. The van der Waals surface area contributed by atoms with Crippen molar-refractivity contribution in [2.45, 2.75) is 27.2 Å². The minimum absolute atomic E-state index is 0.163. The fraction of sp³-hybridized carbons (Fsp3) is 0.217. The Morgan fingerprint density at radius 1 is 1.17 bits per heavy atom. The molecule has 0 aliphatic heterocycles. The zero-order valence-corrected chi connectivity index (χ0v) is 17.5. The van der Waals surface area contributed by atoms with Crippen LogP contribution in [0.1, 0.15) is 29.4 Å².